The van der Waals surface area contributed by atoms with E-state index in [0.29, 0.717) is 6.04 Å². The van der Waals surface area contributed by atoms with Gasteiger partial charge in [-0.1, -0.05) is 19.3 Å². The minimum absolute atomic E-state index is 0.605. The molecule has 4 heteroatoms. The lowest BCUT2D eigenvalue weighted by molar-refractivity contribution is 0.463. The zero-order valence-electron chi connectivity index (χ0n) is 10.3. The van der Waals surface area contributed by atoms with Gasteiger partial charge in [0, 0.05) is 10.9 Å². The lowest BCUT2D eigenvalue weighted by atomic mass is 9.95. The molecule has 1 aromatic rings. The van der Waals surface area contributed by atoms with Gasteiger partial charge in [-0.15, -0.1) is 0 Å². The number of nitrogens with two attached hydrogens (primary N) is 1. The summed E-state index contributed by atoms with van der Waals surface area (Å²) in [5, 5.41) is 3.56. The number of benzene rings is 1. The molecule has 0 aliphatic heterocycles. The van der Waals surface area contributed by atoms with Gasteiger partial charge in [-0.25, -0.2) is 0 Å². The van der Waals surface area contributed by atoms with E-state index in [1.54, 1.807) is 11.9 Å². The smallest absolute Gasteiger partial charge is 0.0576 e. The lowest BCUT2D eigenvalue weighted by Crippen LogP contribution is -2.22. The standard InChI is InChI=1S/C13H21N3S/c1-15-17-11-7-8-13(12(14)9-11)16-10-5-3-2-4-6-10/h7-10,15-16H,2-6,14H2,1H3. The molecule has 0 amide bonds. The molecule has 1 aliphatic rings. The fourth-order valence-corrected chi connectivity index (χ4v) is 2.88. The van der Waals surface area contributed by atoms with Crippen molar-refractivity contribution >= 4 is 23.3 Å². The second-order valence-corrected chi connectivity index (χ2v) is 5.62. The molecule has 0 spiro atoms. The Morgan fingerprint density at radius 1 is 1.24 bits per heavy atom. The molecule has 17 heavy (non-hydrogen) atoms. The molecule has 0 aromatic heterocycles. The van der Waals surface area contributed by atoms with Gasteiger partial charge in [0.1, 0.15) is 0 Å². The Morgan fingerprint density at radius 2 is 2.00 bits per heavy atom. The van der Waals surface area contributed by atoms with Gasteiger partial charge >= 0.3 is 0 Å². The Hall–Kier alpha value is -0.870. The maximum absolute atomic E-state index is 6.07. The van der Waals surface area contributed by atoms with E-state index < -0.39 is 0 Å². The van der Waals surface area contributed by atoms with Crippen molar-refractivity contribution in [1.29, 1.82) is 0 Å². The number of anilines is 2. The first-order valence-corrected chi connectivity index (χ1v) is 7.11. The van der Waals surface area contributed by atoms with Gasteiger partial charge < -0.3 is 11.1 Å². The maximum Gasteiger partial charge on any atom is 0.0576 e. The molecular weight excluding hydrogens is 230 g/mol. The fraction of sp³-hybridized carbons (Fsp3) is 0.538. The average Bonchev–Trinajstić information content (AvgIpc) is 2.34. The molecule has 1 fully saturated rings. The van der Waals surface area contributed by atoms with Crippen molar-refractivity contribution in [3.63, 3.8) is 0 Å². The number of hydrogen-bond acceptors (Lipinski definition) is 4. The summed E-state index contributed by atoms with van der Waals surface area (Å²) < 4.78 is 3.05. The number of nitrogens with one attached hydrogen (secondary N) is 2. The van der Waals surface area contributed by atoms with Crippen LogP contribution >= 0.6 is 11.9 Å². The fourth-order valence-electron chi connectivity index (χ4n) is 2.32. The van der Waals surface area contributed by atoms with E-state index >= 15 is 0 Å². The normalized spacial score (nSPS) is 17.0. The average molecular weight is 251 g/mol. The van der Waals surface area contributed by atoms with E-state index in [2.05, 4.69) is 22.2 Å². The summed E-state index contributed by atoms with van der Waals surface area (Å²) in [6, 6.07) is 6.81. The van der Waals surface area contributed by atoms with Crippen LogP contribution in [-0.2, 0) is 0 Å². The van der Waals surface area contributed by atoms with Crippen molar-refractivity contribution in [2.45, 2.75) is 43.0 Å². The zero-order valence-corrected chi connectivity index (χ0v) is 11.1. The quantitative estimate of drug-likeness (QED) is 0.568. The van der Waals surface area contributed by atoms with Crippen LogP contribution in [0.4, 0.5) is 11.4 Å². The van der Waals surface area contributed by atoms with Crippen LogP contribution in [0.25, 0.3) is 0 Å². The molecule has 0 heterocycles. The van der Waals surface area contributed by atoms with Gasteiger partial charge in [-0.2, -0.15) is 0 Å². The number of rotatable bonds is 4. The first-order valence-electron chi connectivity index (χ1n) is 6.29. The highest BCUT2D eigenvalue weighted by molar-refractivity contribution is 7.97. The second kappa shape index (κ2) is 6.17. The molecule has 94 valence electrons. The van der Waals surface area contributed by atoms with Gasteiger partial charge in [-0.3, -0.25) is 4.72 Å². The molecule has 0 saturated heterocycles. The summed E-state index contributed by atoms with van der Waals surface area (Å²) in [7, 11) is 1.91. The van der Waals surface area contributed by atoms with Gasteiger partial charge in [0.2, 0.25) is 0 Å². The minimum Gasteiger partial charge on any atom is -0.397 e. The summed E-state index contributed by atoms with van der Waals surface area (Å²) in [4.78, 5) is 1.15. The van der Waals surface area contributed by atoms with E-state index in [9.17, 15) is 0 Å². The summed E-state index contributed by atoms with van der Waals surface area (Å²) in [5.41, 5.74) is 7.99. The second-order valence-electron chi connectivity index (χ2n) is 4.53. The highest BCUT2D eigenvalue weighted by atomic mass is 32.2. The minimum atomic E-state index is 0.605. The molecule has 0 unspecified atom stereocenters. The van der Waals surface area contributed by atoms with Crippen molar-refractivity contribution in [3.05, 3.63) is 18.2 Å². The van der Waals surface area contributed by atoms with Crippen LogP contribution in [0.2, 0.25) is 0 Å². The molecule has 0 radical (unpaired) electrons. The Bertz CT molecular complexity index is 362. The monoisotopic (exact) mass is 251 g/mol. The van der Waals surface area contributed by atoms with Crippen LogP contribution in [0.5, 0.6) is 0 Å². The van der Waals surface area contributed by atoms with Gasteiger partial charge in [0.25, 0.3) is 0 Å². The predicted molar refractivity (Wildman–Crippen MR) is 76.3 cm³/mol. The summed E-state index contributed by atoms with van der Waals surface area (Å²) in [6.45, 7) is 0. The molecule has 1 saturated carbocycles. The molecule has 2 rings (SSSR count). The molecule has 1 aliphatic carbocycles. The van der Waals surface area contributed by atoms with Crippen LogP contribution in [-0.4, -0.2) is 13.1 Å². The van der Waals surface area contributed by atoms with E-state index in [4.69, 9.17) is 5.73 Å². The summed E-state index contributed by atoms with van der Waals surface area (Å²) in [6.07, 6.45) is 6.60. The van der Waals surface area contributed by atoms with Crippen LogP contribution in [0.3, 0.4) is 0 Å². The number of hydrogen-bond donors (Lipinski definition) is 3. The van der Waals surface area contributed by atoms with Crippen molar-refractivity contribution < 1.29 is 0 Å². The Morgan fingerprint density at radius 3 is 2.65 bits per heavy atom. The highest BCUT2D eigenvalue weighted by Gasteiger charge is 2.13. The Labute approximate surface area is 108 Å². The van der Waals surface area contributed by atoms with Gasteiger partial charge in [0.05, 0.1) is 11.4 Å². The third kappa shape index (κ3) is 3.54. The largest absolute Gasteiger partial charge is 0.397 e. The first kappa shape index (κ1) is 12.6. The first-order chi connectivity index (χ1) is 8.29. The molecule has 1 aromatic carbocycles. The van der Waals surface area contributed by atoms with Crippen molar-refractivity contribution in [2.75, 3.05) is 18.1 Å². The van der Waals surface area contributed by atoms with E-state index in [0.717, 1.165) is 16.3 Å². The molecular formula is C13H21N3S. The van der Waals surface area contributed by atoms with E-state index in [1.165, 1.54) is 32.1 Å². The highest BCUT2D eigenvalue weighted by Crippen LogP contribution is 2.28. The van der Waals surface area contributed by atoms with Crippen molar-refractivity contribution in [3.8, 4) is 0 Å². The number of nitrogen functional groups attached to an aromatic ring is 1. The SMILES string of the molecule is CNSc1ccc(NC2CCCCC2)c(N)c1. The van der Waals surface area contributed by atoms with Gasteiger partial charge in [-0.05, 0) is 50.0 Å². The third-order valence-corrected chi connectivity index (χ3v) is 3.90. The summed E-state index contributed by atoms with van der Waals surface area (Å²) >= 11 is 1.59. The van der Waals surface area contributed by atoms with Crippen LogP contribution in [0.1, 0.15) is 32.1 Å². The Balaban J connectivity index is 2.00. The topological polar surface area (TPSA) is 50.1 Å². The molecule has 4 N–H and O–H groups in total. The Kier molecular flexibility index (Phi) is 4.57. The van der Waals surface area contributed by atoms with E-state index in [1.807, 2.05) is 13.1 Å². The lowest BCUT2D eigenvalue weighted by Gasteiger charge is -2.24. The van der Waals surface area contributed by atoms with Crippen molar-refractivity contribution in [1.82, 2.24) is 4.72 Å². The predicted octanol–water partition coefficient (Wildman–Crippen LogP) is 3.24. The van der Waals surface area contributed by atoms with Crippen molar-refractivity contribution in [2.24, 2.45) is 0 Å². The third-order valence-electron chi connectivity index (χ3n) is 3.21. The van der Waals surface area contributed by atoms with Crippen LogP contribution in [0, 0.1) is 0 Å². The van der Waals surface area contributed by atoms with Crippen LogP contribution < -0.4 is 15.8 Å². The van der Waals surface area contributed by atoms with Crippen LogP contribution in [0.15, 0.2) is 23.1 Å². The molecule has 0 bridgehead atoms. The molecule has 3 nitrogen and oxygen atoms in total. The zero-order chi connectivity index (χ0) is 12.1. The van der Waals surface area contributed by atoms with E-state index in [-0.39, 0.29) is 0 Å². The maximum atomic E-state index is 6.07. The summed E-state index contributed by atoms with van der Waals surface area (Å²) in [5.74, 6) is 0. The molecule has 0 atom stereocenters. The van der Waals surface area contributed by atoms with Gasteiger partial charge in [0.15, 0.2) is 0 Å².